The van der Waals surface area contributed by atoms with E-state index in [9.17, 15) is 18.0 Å². The molecule has 0 aliphatic heterocycles. The standard InChI is InChI=1S/C36H37Cl2N3O4S/c37-29-16-12-15-28(23-29)25-40(34(24-27-13-4-1-5-14-27)36(43)39-30-17-6-2-7-18-30)35(42)26-41(33-22-11-10-21-32(33)38)46(44,45)31-19-8-3-9-20-31/h1,3-5,8-16,19-23,30,34H,2,6-7,17-18,24-26H2,(H,39,43)/t34-/m0/s1. The molecule has 1 fully saturated rings. The van der Waals surface area contributed by atoms with E-state index in [0.717, 1.165) is 42.0 Å². The maximum atomic E-state index is 14.6. The van der Waals surface area contributed by atoms with Gasteiger partial charge in [-0.25, -0.2) is 8.42 Å². The molecule has 5 rings (SSSR count). The zero-order chi connectivity index (χ0) is 32.5. The van der Waals surface area contributed by atoms with Crippen molar-refractivity contribution in [3.05, 3.63) is 130 Å². The van der Waals surface area contributed by atoms with Crippen LogP contribution in [0.2, 0.25) is 10.0 Å². The second kappa shape index (κ2) is 15.6. The minimum Gasteiger partial charge on any atom is -0.352 e. The number of hydrogen-bond acceptors (Lipinski definition) is 4. The Kier molecular flexibility index (Phi) is 11.4. The van der Waals surface area contributed by atoms with E-state index < -0.39 is 28.5 Å². The molecule has 46 heavy (non-hydrogen) atoms. The zero-order valence-electron chi connectivity index (χ0n) is 25.4. The molecule has 1 aliphatic carbocycles. The quantitative estimate of drug-likeness (QED) is 0.171. The van der Waals surface area contributed by atoms with Crippen molar-refractivity contribution < 1.29 is 18.0 Å². The van der Waals surface area contributed by atoms with Crippen LogP contribution in [-0.2, 0) is 32.6 Å². The van der Waals surface area contributed by atoms with Gasteiger partial charge in [-0.15, -0.1) is 0 Å². The first-order chi connectivity index (χ1) is 22.2. The van der Waals surface area contributed by atoms with Gasteiger partial charge in [-0.2, -0.15) is 0 Å². The summed E-state index contributed by atoms with van der Waals surface area (Å²) in [4.78, 5) is 30.2. The van der Waals surface area contributed by atoms with E-state index in [1.165, 1.54) is 17.0 Å². The normalized spacial score (nSPS) is 14.3. The van der Waals surface area contributed by atoms with Crippen molar-refractivity contribution in [3.63, 3.8) is 0 Å². The lowest BCUT2D eigenvalue weighted by Crippen LogP contribution is -2.55. The highest BCUT2D eigenvalue weighted by atomic mass is 35.5. The van der Waals surface area contributed by atoms with Gasteiger partial charge < -0.3 is 10.2 Å². The second-order valence-corrected chi connectivity index (χ2v) is 14.2. The molecule has 4 aromatic rings. The van der Waals surface area contributed by atoms with Crippen molar-refractivity contribution >= 4 is 50.7 Å². The Labute approximate surface area is 281 Å². The minimum absolute atomic E-state index is 0.0139. The summed E-state index contributed by atoms with van der Waals surface area (Å²) in [6.07, 6.45) is 5.19. The van der Waals surface area contributed by atoms with Gasteiger partial charge >= 0.3 is 0 Å². The number of amides is 2. The van der Waals surface area contributed by atoms with Crippen molar-refractivity contribution in [2.75, 3.05) is 10.8 Å². The highest BCUT2D eigenvalue weighted by Gasteiger charge is 2.36. The first-order valence-corrected chi connectivity index (χ1v) is 17.6. The average Bonchev–Trinajstić information content (AvgIpc) is 3.07. The van der Waals surface area contributed by atoms with Gasteiger partial charge in [-0.05, 0) is 60.4 Å². The molecule has 1 N–H and O–H groups in total. The van der Waals surface area contributed by atoms with Crippen LogP contribution >= 0.6 is 23.2 Å². The van der Waals surface area contributed by atoms with Crippen LogP contribution in [0.3, 0.4) is 0 Å². The summed E-state index contributed by atoms with van der Waals surface area (Å²) in [6, 6.07) is 30.1. The first-order valence-electron chi connectivity index (χ1n) is 15.4. The van der Waals surface area contributed by atoms with Crippen LogP contribution in [0.5, 0.6) is 0 Å². The Morgan fingerprint density at radius 3 is 2.09 bits per heavy atom. The van der Waals surface area contributed by atoms with Crippen LogP contribution in [0.15, 0.2) is 114 Å². The maximum Gasteiger partial charge on any atom is 0.264 e. The number of benzene rings is 4. The van der Waals surface area contributed by atoms with Crippen LogP contribution in [0.1, 0.15) is 43.2 Å². The number of anilines is 1. The molecule has 240 valence electrons. The van der Waals surface area contributed by atoms with Crippen molar-refractivity contribution in [2.45, 2.75) is 62.0 Å². The van der Waals surface area contributed by atoms with E-state index in [-0.39, 0.29) is 40.5 Å². The van der Waals surface area contributed by atoms with E-state index in [1.54, 1.807) is 60.7 Å². The van der Waals surface area contributed by atoms with Crippen molar-refractivity contribution in [1.82, 2.24) is 10.2 Å². The van der Waals surface area contributed by atoms with Crippen molar-refractivity contribution in [2.24, 2.45) is 0 Å². The van der Waals surface area contributed by atoms with Crippen LogP contribution in [-0.4, -0.2) is 43.8 Å². The third kappa shape index (κ3) is 8.49. The lowest BCUT2D eigenvalue weighted by atomic mass is 9.94. The molecular formula is C36H37Cl2N3O4S. The molecule has 2 amide bonds. The molecule has 1 saturated carbocycles. The number of nitrogens with zero attached hydrogens (tertiary/aromatic N) is 2. The summed E-state index contributed by atoms with van der Waals surface area (Å²) >= 11 is 12.9. The predicted octanol–water partition coefficient (Wildman–Crippen LogP) is 7.28. The molecule has 0 radical (unpaired) electrons. The molecule has 0 heterocycles. The minimum atomic E-state index is -4.23. The van der Waals surface area contributed by atoms with Crippen LogP contribution in [0.4, 0.5) is 5.69 Å². The van der Waals surface area contributed by atoms with Gasteiger partial charge in [0.2, 0.25) is 11.8 Å². The predicted molar refractivity (Wildman–Crippen MR) is 183 cm³/mol. The smallest absolute Gasteiger partial charge is 0.264 e. The van der Waals surface area contributed by atoms with E-state index in [2.05, 4.69) is 5.32 Å². The molecule has 10 heteroatoms. The monoisotopic (exact) mass is 677 g/mol. The Bertz CT molecular complexity index is 1730. The van der Waals surface area contributed by atoms with Crippen molar-refractivity contribution in [3.8, 4) is 0 Å². The summed E-state index contributed by atoms with van der Waals surface area (Å²) in [7, 11) is -4.23. The summed E-state index contributed by atoms with van der Waals surface area (Å²) in [5, 5.41) is 3.87. The SMILES string of the molecule is O=C(NC1CCCCC1)[C@H](Cc1ccccc1)N(Cc1cccc(Cl)c1)C(=O)CN(c1ccccc1Cl)S(=O)(=O)c1ccccc1. The molecule has 1 atom stereocenters. The van der Waals surface area contributed by atoms with Gasteiger partial charge in [0, 0.05) is 24.0 Å². The lowest BCUT2D eigenvalue weighted by molar-refractivity contribution is -0.140. The Balaban J connectivity index is 1.56. The zero-order valence-corrected chi connectivity index (χ0v) is 27.7. The summed E-state index contributed by atoms with van der Waals surface area (Å²) in [5.74, 6) is -0.833. The molecule has 0 aromatic heterocycles. The third-order valence-electron chi connectivity index (χ3n) is 8.20. The number of carbonyl (C=O) groups is 2. The fourth-order valence-corrected chi connectivity index (χ4v) is 7.77. The number of para-hydroxylation sites is 1. The molecule has 0 unspecified atom stereocenters. The maximum absolute atomic E-state index is 14.6. The number of rotatable bonds is 12. The molecule has 0 saturated heterocycles. The third-order valence-corrected chi connectivity index (χ3v) is 10.5. The van der Waals surface area contributed by atoms with E-state index >= 15 is 0 Å². The number of halogens is 2. The summed E-state index contributed by atoms with van der Waals surface area (Å²) in [6.45, 7) is -0.541. The molecule has 4 aromatic carbocycles. The fourth-order valence-electron chi connectivity index (χ4n) is 5.82. The van der Waals surface area contributed by atoms with E-state index in [0.29, 0.717) is 10.6 Å². The van der Waals surface area contributed by atoms with Gasteiger partial charge in [-0.1, -0.05) is 115 Å². The van der Waals surface area contributed by atoms with Gasteiger partial charge in [-0.3, -0.25) is 13.9 Å². The molecule has 0 bridgehead atoms. The van der Waals surface area contributed by atoms with Crippen LogP contribution in [0.25, 0.3) is 0 Å². The Hall–Kier alpha value is -3.85. The Morgan fingerprint density at radius 1 is 0.783 bits per heavy atom. The Morgan fingerprint density at radius 2 is 1.41 bits per heavy atom. The van der Waals surface area contributed by atoms with Crippen LogP contribution in [0, 0.1) is 0 Å². The number of hydrogen-bond donors (Lipinski definition) is 1. The van der Waals surface area contributed by atoms with E-state index in [1.807, 2.05) is 36.4 Å². The number of nitrogens with one attached hydrogen (secondary N) is 1. The number of sulfonamides is 1. The number of carbonyl (C=O) groups excluding carboxylic acids is 2. The molecule has 7 nitrogen and oxygen atoms in total. The summed E-state index contributed by atoms with van der Waals surface area (Å²) < 4.78 is 29.2. The molecule has 1 aliphatic rings. The second-order valence-electron chi connectivity index (χ2n) is 11.5. The van der Waals surface area contributed by atoms with Crippen molar-refractivity contribution in [1.29, 1.82) is 0 Å². The van der Waals surface area contributed by atoms with Gasteiger partial charge in [0.15, 0.2) is 0 Å². The van der Waals surface area contributed by atoms with E-state index in [4.69, 9.17) is 23.2 Å². The molecule has 0 spiro atoms. The highest BCUT2D eigenvalue weighted by Crippen LogP contribution is 2.31. The topological polar surface area (TPSA) is 86.8 Å². The summed E-state index contributed by atoms with van der Waals surface area (Å²) in [5.41, 5.74) is 1.74. The average molecular weight is 679 g/mol. The van der Waals surface area contributed by atoms with Gasteiger partial charge in [0.25, 0.3) is 10.0 Å². The van der Waals surface area contributed by atoms with Crippen LogP contribution < -0.4 is 9.62 Å². The first kappa shape index (κ1) is 33.5. The highest BCUT2D eigenvalue weighted by molar-refractivity contribution is 7.92. The van der Waals surface area contributed by atoms with Gasteiger partial charge in [0.05, 0.1) is 15.6 Å². The molecular weight excluding hydrogens is 641 g/mol. The fraction of sp³-hybridized carbons (Fsp3) is 0.278. The lowest BCUT2D eigenvalue weighted by Gasteiger charge is -2.35. The van der Waals surface area contributed by atoms with Gasteiger partial charge in [0.1, 0.15) is 12.6 Å². The largest absolute Gasteiger partial charge is 0.352 e.